The van der Waals surface area contributed by atoms with Gasteiger partial charge < -0.3 is 9.64 Å². The van der Waals surface area contributed by atoms with E-state index >= 15 is 0 Å². The second-order valence-corrected chi connectivity index (χ2v) is 10.8. The molecule has 3 rings (SSSR count). The molecule has 2 heterocycles. The van der Waals surface area contributed by atoms with Crippen LogP contribution in [0.3, 0.4) is 0 Å². The molecule has 1 aliphatic carbocycles. The number of carbonyl (C=O) groups excluding carboxylic acids is 1. The Bertz CT molecular complexity index is 931. The third-order valence-corrected chi connectivity index (χ3v) is 8.43. The molecule has 1 unspecified atom stereocenters. The van der Waals surface area contributed by atoms with Crippen molar-refractivity contribution in [3.8, 4) is 5.88 Å². The van der Waals surface area contributed by atoms with Gasteiger partial charge in [-0.2, -0.15) is 4.31 Å². The standard InChI is InChI=1S/C22H33F2N3O4S/c1-5-16(3)31-20-19(9-8-15(2)25-20)32(29,30)27-14-6-7-18(27)21(28)26(4)17-10-12-22(23,24)13-11-17/h8-9,16-18H,5-7,10-14H2,1-4H3/t16?,18-/m0/s1. The van der Waals surface area contributed by atoms with Gasteiger partial charge in [0, 0.05) is 38.2 Å². The fraction of sp³-hybridized carbons (Fsp3) is 0.727. The summed E-state index contributed by atoms with van der Waals surface area (Å²) < 4.78 is 61.2. The van der Waals surface area contributed by atoms with Crippen LogP contribution in [0.1, 0.15) is 64.5 Å². The van der Waals surface area contributed by atoms with Crippen molar-refractivity contribution in [3.05, 3.63) is 17.8 Å². The highest BCUT2D eigenvalue weighted by atomic mass is 32.2. The summed E-state index contributed by atoms with van der Waals surface area (Å²) in [4.78, 5) is 19.0. The quantitative estimate of drug-likeness (QED) is 0.603. The zero-order chi connectivity index (χ0) is 23.7. The third-order valence-electron chi connectivity index (χ3n) is 6.51. The maximum absolute atomic E-state index is 13.6. The van der Waals surface area contributed by atoms with Gasteiger partial charge in [-0.25, -0.2) is 22.2 Å². The molecule has 180 valence electrons. The van der Waals surface area contributed by atoms with E-state index < -0.39 is 22.0 Å². The summed E-state index contributed by atoms with van der Waals surface area (Å²) in [6.07, 6.45) is 1.32. The van der Waals surface area contributed by atoms with Gasteiger partial charge in [0.15, 0.2) is 0 Å². The summed E-state index contributed by atoms with van der Waals surface area (Å²) in [5.41, 5.74) is 0.630. The monoisotopic (exact) mass is 473 g/mol. The molecule has 1 amide bonds. The Morgan fingerprint density at radius 3 is 2.59 bits per heavy atom. The second-order valence-electron chi connectivity index (χ2n) is 8.90. The van der Waals surface area contributed by atoms with E-state index in [1.54, 1.807) is 20.0 Å². The van der Waals surface area contributed by atoms with Gasteiger partial charge in [0.25, 0.3) is 0 Å². The third kappa shape index (κ3) is 5.22. The van der Waals surface area contributed by atoms with E-state index in [9.17, 15) is 22.0 Å². The van der Waals surface area contributed by atoms with E-state index in [1.807, 2.05) is 13.8 Å². The summed E-state index contributed by atoms with van der Waals surface area (Å²) in [7, 11) is -2.45. The minimum absolute atomic E-state index is 0.0420. The topological polar surface area (TPSA) is 79.8 Å². The first-order valence-corrected chi connectivity index (χ1v) is 12.7. The van der Waals surface area contributed by atoms with E-state index in [0.29, 0.717) is 25.0 Å². The molecule has 1 aromatic heterocycles. The second kappa shape index (κ2) is 9.59. The lowest BCUT2D eigenvalue weighted by Gasteiger charge is -2.37. The molecule has 2 aliphatic rings. The molecule has 7 nitrogen and oxygen atoms in total. The minimum Gasteiger partial charge on any atom is -0.474 e. The number of likely N-dealkylation sites (N-methyl/N-ethyl adjacent to an activating group) is 1. The molecule has 0 bridgehead atoms. The van der Waals surface area contributed by atoms with E-state index in [1.165, 1.54) is 15.3 Å². The van der Waals surface area contributed by atoms with Gasteiger partial charge in [-0.1, -0.05) is 6.92 Å². The highest BCUT2D eigenvalue weighted by Gasteiger charge is 2.44. The summed E-state index contributed by atoms with van der Waals surface area (Å²) in [5, 5.41) is 0. The predicted octanol–water partition coefficient (Wildman–Crippen LogP) is 3.76. The number of hydrogen-bond donors (Lipinski definition) is 0. The molecular weight excluding hydrogens is 440 g/mol. The van der Waals surface area contributed by atoms with E-state index in [4.69, 9.17) is 4.74 Å². The Hall–Kier alpha value is -1.81. The zero-order valence-electron chi connectivity index (χ0n) is 19.2. The van der Waals surface area contributed by atoms with Crippen LogP contribution in [0, 0.1) is 6.92 Å². The predicted molar refractivity (Wildman–Crippen MR) is 116 cm³/mol. The number of alkyl halides is 2. The first-order valence-electron chi connectivity index (χ1n) is 11.3. The molecule has 0 radical (unpaired) electrons. The number of aromatic nitrogens is 1. The molecule has 0 spiro atoms. The lowest BCUT2D eigenvalue weighted by molar-refractivity contribution is -0.138. The lowest BCUT2D eigenvalue weighted by Crippen LogP contribution is -2.50. The number of sulfonamides is 1. The fourth-order valence-corrected chi connectivity index (χ4v) is 6.01. The average Bonchev–Trinajstić information content (AvgIpc) is 3.23. The van der Waals surface area contributed by atoms with Crippen LogP contribution >= 0.6 is 0 Å². The number of halogens is 2. The van der Waals surface area contributed by atoms with Gasteiger partial charge in [0.05, 0.1) is 6.10 Å². The van der Waals surface area contributed by atoms with Crippen LogP contribution in [-0.4, -0.2) is 66.2 Å². The van der Waals surface area contributed by atoms with Gasteiger partial charge >= 0.3 is 0 Å². The van der Waals surface area contributed by atoms with Crippen molar-refractivity contribution < 1.29 is 26.7 Å². The molecular formula is C22H33F2N3O4S. The van der Waals surface area contributed by atoms with Crippen LogP contribution in [0.5, 0.6) is 5.88 Å². The molecule has 2 fully saturated rings. The maximum Gasteiger partial charge on any atom is 0.249 e. The van der Waals surface area contributed by atoms with E-state index in [-0.39, 0.29) is 61.1 Å². The Balaban J connectivity index is 1.83. The molecule has 1 saturated heterocycles. The summed E-state index contributed by atoms with van der Waals surface area (Å²) >= 11 is 0. The number of nitrogens with zero attached hydrogens (tertiary/aromatic N) is 3. The van der Waals surface area contributed by atoms with Crippen molar-refractivity contribution in [2.24, 2.45) is 0 Å². The summed E-state index contributed by atoms with van der Waals surface area (Å²) in [5.74, 6) is -2.99. The fourth-order valence-electron chi connectivity index (χ4n) is 4.30. The average molecular weight is 474 g/mol. The highest BCUT2D eigenvalue weighted by molar-refractivity contribution is 7.89. The Labute approximate surface area is 189 Å². The zero-order valence-corrected chi connectivity index (χ0v) is 20.0. The van der Waals surface area contributed by atoms with Crippen LogP contribution < -0.4 is 4.74 Å². The Morgan fingerprint density at radius 2 is 1.97 bits per heavy atom. The summed E-state index contributed by atoms with van der Waals surface area (Å²) in [6.45, 7) is 5.74. The molecule has 0 aromatic carbocycles. The van der Waals surface area contributed by atoms with Crippen molar-refractivity contribution in [3.63, 3.8) is 0 Å². The molecule has 32 heavy (non-hydrogen) atoms. The maximum atomic E-state index is 13.6. The Kier molecular flexibility index (Phi) is 7.44. The molecule has 1 aromatic rings. The van der Waals surface area contributed by atoms with Crippen molar-refractivity contribution in [1.82, 2.24) is 14.2 Å². The number of amides is 1. The largest absolute Gasteiger partial charge is 0.474 e. The van der Waals surface area contributed by atoms with E-state index in [2.05, 4.69) is 4.98 Å². The van der Waals surface area contributed by atoms with E-state index in [0.717, 1.165) is 0 Å². The van der Waals surface area contributed by atoms with Crippen LogP contribution in [0.15, 0.2) is 17.0 Å². The number of aryl methyl sites for hydroxylation is 1. The SMILES string of the molecule is CCC(C)Oc1nc(C)ccc1S(=O)(=O)N1CCC[C@H]1C(=O)N(C)C1CCC(F)(F)CC1. The molecule has 10 heteroatoms. The Morgan fingerprint density at radius 1 is 1.31 bits per heavy atom. The van der Waals surface area contributed by atoms with Crippen molar-refractivity contribution in [2.45, 2.75) is 94.7 Å². The first-order chi connectivity index (χ1) is 15.0. The van der Waals surface area contributed by atoms with Crippen molar-refractivity contribution in [1.29, 1.82) is 0 Å². The van der Waals surface area contributed by atoms with Gasteiger partial charge in [-0.15, -0.1) is 0 Å². The van der Waals surface area contributed by atoms with Crippen LogP contribution in [-0.2, 0) is 14.8 Å². The molecule has 1 aliphatic heterocycles. The highest BCUT2D eigenvalue weighted by Crippen LogP contribution is 2.36. The van der Waals surface area contributed by atoms with Gasteiger partial charge in [-0.3, -0.25) is 4.79 Å². The minimum atomic E-state index is -4.04. The molecule has 0 N–H and O–H groups in total. The molecule has 2 atom stereocenters. The first kappa shape index (κ1) is 24.8. The van der Waals surface area contributed by atoms with Crippen molar-refractivity contribution in [2.75, 3.05) is 13.6 Å². The number of carbonyl (C=O) groups is 1. The number of rotatable bonds is 7. The smallest absolute Gasteiger partial charge is 0.249 e. The molecule has 1 saturated carbocycles. The van der Waals surface area contributed by atoms with Gasteiger partial charge in [0.2, 0.25) is 27.7 Å². The van der Waals surface area contributed by atoms with Crippen LogP contribution in [0.4, 0.5) is 8.78 Å². The van der Waals surface area contributed by atoms with Gasteiger partial charge in [-0.05, 0) is 58.1 Å². The number of ether oxygens (including phenoxy) is 1. The van der Waals surface area contributed by atoms with Crippen LogP contribution in [0.2, 0.25) is 0 Å². The van der Waals surface area contributed by atoms with Crippen LogP contribution in [0.25, 0.3) is 0 Å². The number of pyridine rings is 1. The van der Waals surface area contributed by atoms with Crippen molar-refractivity contribution >= 4 is 15.9 Å². The lowest BCUT2D eigenvalue weighted by atomic mass is 9.91. The van der Waals surface area contributed by atoms with Gasteiger partial charge in [0.1, 0.15) is 10.9 Å². The normalized spacial score (nSPS) is 23.1. The number of hydrogen-bond acceptors (Lipinski definition) is 5. The summed E-state index contributed by atoms with van der Waals surface area (Å²) in [6, 6.07) is 1.92.